The van der Waals surface area contributed by atoms with Gasteiger partial charge in [-0.05, 0) is 51.4 Å². The molecule has 17 unspecified atom stereocenters. The molecular weight excluding hydrogens is 1170 g/mol. The van der Waals surface area contributed by atoms with Gasteiger partial charge in [-0.25, -0.2) is 0 Å². The average Bonchev–Trinajstić information content (AvgIpc) is 0.883. The van der Waals surface area contributed by atoms with Gasteiger partial charge in [-0.3, -0.25) is 4.79 Å². The lowest BCUT2D eigenvalue weighted by molar-refractivity contribution is -0.379. The van der Waals surface area contributed by atoms with Gasteiger partial charge in [0.25, 0.3) is 0 Å². The summed E-state index contributed by atoms with van der Waals surface area (Å²) in [6.45, 7) is 1.81. The van der Waals surface area contributed by atoms with E-state index in [1.54, 1.807) is 0 Å². The molecule has 17 atom stereocenters. The maximum Gasteiger partial charge on any atom is 0.220 e. The maximum atomic E-state index is 13.5. The first-order valence-corrected chi connectivity index (χ1v) is 36.7. The molecule has 0 aromatic heterocycles. The molecule has 3 rings (SSSR count). The molecule has 0 bridgehead atoms. The van der Waals surface area contributed by atoms with E-state index in [2.05, 4.69) is 55.6 Å². The summed E-state index contributed by atoms with van der Waals surface area (Å²) in [7, 11) is 0. The molecule has 19 nitrogen and oxygen atoms in total. The number of carbonyl (C=O) groups excluding carboxylic acids is 1. The first-order valence-electron chi connectivity index (χ1n) is 36.7. The number of aliphatic hydroxyl groups is 11. The topological polar surface area (TPSA) is 307 Å². The number of aliphatic hydroxyl groups excluding tert-OH is 11. The Bertz CT molecular complexity index is 1790. The van der Waals surface area contributed by atoms with Crippen molar-refractivity contribution in [2.75, 3.05) is 26.4 Å². The molecule has 0 radical (unpaired) electrons. The van der Waals surface area contributed by atoms with Crippen LogP contribution in [0.15, 0.2) is 36.5 Å². The molecule has 3 aliphatic rings. The second-order valence-corrected chi connectivity index (χ2v) is 26.4. The Morgan fingerprint density at radius 3 is 1.13 bits per heavy atom. The van der Waals surface area contributed by atoms with Crippen LogP contribution in [0.4, 0.5) is 0 Å². The number of allylic oxidation sites excluding steroid dienone is 6. The lowest BCUT2D eigenvalue weighted by Crippen LogP contribution is -2.66. The third-order valence-electron chi connectivity index (χ3n) is 18.5. The van der Waals surface area contributed by atoms with E-state index in [1.165, 1.54) is 180 Å². The van der Waals surface area contributed by atoms with Crippen molar-refractivity contribution in [1.82, 2.24) is 5.32 Å². The summed E-state index contributed by atoms with van der Waals surface area (Å²) in [6, 6.07) is -0.893. The summed E-state index contributed by atoms with van der Waals surface area (Å²) in [6.07, 6.45) is 36.4. The van der Waals surface area contributed by atoms with Crippen molar-refractivity contribution in [2.45, 2.75) is 388 Å². The highest BCUT2D eigenvalue weighted by atomic mass is 16.8. The molecule has 19 heteroatoms. The molecule has 0 aromatic rings. The molecule has 534 valence electrons. The molecule has 0 aliphatic carbocycles. The molecule has 3 aliphatic heterocycles. The zero-order chi connectivity index (χ0) is 66.1. The van der Waals surface area contributed by atoms with Gasteiger partial charge in [-0.2, -0.15) is 0 Å². The third-order valence-corrected chi connectivity index (χ3v) is 18.5. The maximum absolute atomic E-state index is 13.5. The highest BCUT2D eigenvalue weighted by Gasteiger charge is 2.53. The first kappa shape index (κ1) is 83.2. The van der Waals surface area contributed by atoms with Crippen LogP contribution in [0, 0.1) is 0 Å². The van der Waals surface area contributed by atoms with Crippen LogP contribution in [-0.2, 0) is 33.2 Å². The molecule has 12 N–H and O–H groups in total. The van der Waals surface area contributed by atoms with Gasteiger partial charge < -0.3 is 89.9 Å². The molecule has 3 fully saturated rings. The lowest BCUT2D eigenvalue weighted by atomic mass is 9.96. The van der Waals surface area contributed by atoms with Crippen LogP contribution >= 0.6 is 0 Å². The monoisotopic (exact) mass is 1300 g/mol. The first-order chi connectivity index (χ1) is 44.3. The third kappa shape index (κ3) is 35.7. The van der Waals surface area contributed by atoms with Gasteiger partial charge >= 0.3 is 0 Å². The van der Waals surface area contributed by atoms with Gasteiger partial charge in [0.2, 0.25) is 5.91 Å². The van der Waals surface area contributed by atoms with Crippen molar-refractivity contribution in [3.63, 3.8) is 0 Å². The minimum absolute atomic E-state index is 0.247. The van der Waals surface area contributed by atoms with Crippen molar-refractivity contribution >= 4 is 5.91 Å². The fraction of sp³-hybridized carbons (Fsp3) is 0.903. The summed E-state index contributed by atoms with van der Waals surface area (Å²) in [4.78, 5) is 13.5. The lowest BCUT2D eigenvalue weighted by Gasteiger charge is -2.48. The highest BCUT2D eigenvalue weighted by Crippen LogP contribution is 2.33. The Kier molecular flexibility index (Phi) is 49.5. The zero-order valence-corrected chi connectivity index (χ0v) is 56.6. The summed E-state index contributed by atoms with van der Waals surface area (Å²) in [5, 5.41) is 121. The van der Waals surface area contributed by atoms with Crippen molar-refractivity contribution in [3.05, 3.63) is 36.5 Å². The van der Waals surface area contributed by atoms with Gasteiger partial charge in [0, 0.05) is 6.42 Å². The van der Waals surface area contributed by atoms with E-state index in [4.69, 9.17) is 28.4 Å². The molecule has 0 aromatic carbocycles. The van der Waals surface area contributed by atoms with Crippen LogP contribution in [0.3, 0.4) is 0 Å². The molecule has 1 amide bonds. The van der Waals surface area contributed by atoms with E-state index in [0.29, 0.717) is 12.8 Å². The van der Waals surface area contributed by atoms with E-state index < -0.39 is 124 Å². The second kappa shape index (κ2) is 54.1. The number of hydrogen-bond donors (Lipinski definition) is 12. The molecule has 3 heterocycles. The van der Waals surface area contributed by atoms with Gasteiger partial charge in [0.15, 0.2) is 18.9 Å². The van der Waals surface area contributed by atoms with E-state index in [9.17, 15) is 61.0 Å². The van der Waals surface area contributed by atoms with Crippen LogP contribution < -0.4 is 5.32 Å². The van der Waals surface area contributed by atoms with Crippen molar-refractivity contribution in [1.29, 1.82) is 0 Å². The fourth-order valence-electron chi connectivity index (χ4n) is 12.5. The summed E-state index contributed by atoms with van der Waals surface area (Å²) < 4.78 is 34.5. The van der Waals surface area contributed by atoms with Crippen LogP contribution in [0.25, 0.3) is 0 Å². The van der Waals surface area contributed by atoms with Crippen molar-refractivity contribution in [2.24, 2.45) is 0 Å². The van der Waals surface area contributed by atoms with Gasteiger partial charge in [0.1, 0.15) is 73.2 Å². The smallest absolute Gasteiger partial charge is 0.220 e. The predicted octanol–water partition coefficient (Wildman–Crippen LogP) is 10.4. The summed E-state index contributed by atoms with van der Waals surface area (Å²) >= 11 is 0. The highest BCUT2D eigenvalue weighted by molar-refractivity contribution is 5.76. The second-order valence-electron chi connectivity index (χ2n) is 26.4. The molecule has 3 saturated heterocycles. The summed E-state index contributed by atoms with van der Waals surface area (Å²) in [5.74, 6) is -0.247. The van der Waals surface area contributed by atoms with E-state index >= 15 is 0 Å². The molecule has 0 spiro atoms. The van der Waals surface area contributed by atoms with Gasteiger partial charge in [0.05, 0.1) is 38.6 Å². The minimum Gasteiger partial charge on any atom is -0.394 e. The van der Waals surface area contributed by atoms with E-state index in [1.807, 2.05) is 0 Å². The predicted molar refractivity (Wildman–Crippen MR) is 356 cm³/mol. The Balaban J connectivity index is 1.42. The van der Waals surface area contributed by atoms with Crippen LogP contribution in [0.2, 0.25) is 0 Å². The quantitative estimate of drug-likeness (QED) is 0.0199. The number of hydrogen-bond acceptors (Lipinski definition) is 18. The molecule has 91 heavy (non-hydrogen) atoms. The number of amides is 1. The molecular formula is C72H133NO18. The zero-order valence-electron chi connectivity index (χ0n) is 56.6. The Labute approximate surface area is 549 Å². The minimum atomic E-state index is -1.97. The van der Waals surface area contributed by atoms with Crippen molar-refractivity contribution in [3.8, 4) is 0 Å². The molecule has 0 saturated carbocycles. The Hall–Kier alpha value is -1.99. The Morgan fingerprint density at radius 1 is 0.396 bits per heavy atom. The van der Waals surface area contributed by atoms with Gasteiger partial charge in [-0.15, -0.1) is 0 Å². The van der Waals surface area contributed by atoms with Crippen LogP contribution in [-0.4, -0.2) is 193 Å². The normalized spacial score (nSPS) is 28.0. The van der Waals surface area contributed by atoms with Gasteiger partial charge in [-0.1, -0.05) is 262 Å². The number of nitrogens with one attached hydrogen (secondary N) is 1. The SMILES string of the molecule is CCCCCCC/C=C\C/C=C\C/C=C\CCCCCCCCCCC(=O)NC(COC1OC(CO)C(OC2OC(CO)C(OC3OC(CO)C(O)C(O)C3O)C(O)C2O)C(O)C1O)C(O)CCCCCCCCCCCCCCCCCCCCCCCCC. The largest absolute Gasteiger partial charge is 0.394 e. The fourth-order valence-corrected chi connectivity index (χ4v) is 12.5. The van der Waals surface area contributed by atoms with E-state index in [0.717, 1.165) is 70.6 Å². The van der Waals surface area contributed by atoms with Crippen molar-refractivity contribution < 1.29 is 89.4 Å². The van der Waals surface area contributed by atoms with Crippen LogP contribution in [0.5, 0.6) is 0 Å². The number of ether oxygens (including phenoxy) is 6. The summed E-state index contributed by atoms with van der Waals surface area (Å²) in [5.41, 5.74) is 0. The number of carbonyl (C=O) groups is 1. The number of rotatable bonds is 57. The standard InChI is InChI=1S/C72H133NO18/c1-3-5-7-9-11-13-15-17-19-21-23-25-27-29-31-33-35-37-39-41-43-45-47-49-56(77)55(73-60(78)50-48-46-44-42-40-38-36-34-32-30-28-26-24-22-20-18-16-14-12-10-8-6-4-2)54-86-70-66(84)63(81)68(58(52-75)88-70)91-72-67(85)64(82)69(59(53-76)89-72)90-71-65(83)62(80)61(79)57(51-74)87-71/h16,18,22,24,28,30,55-59,61-72,74-77,79-85H,3-15,17,19-21,23,25-27,29,31-54H2,1-2H3,(H,73,78)/b18-16-,24-22-,30-28-. The number of unbranched alkanes of at least 4 members (excludes halogenated alkanes) is 35. The Morgan fingerprint density at radius 2 is 0.725 bits per heavy atom. The van der Waals surface area contributed by atoms with E-state index in [-0.39, 0.29) is 18.9 Å². The average molecular weight is 1300 g/mol. The van der Waals surface area contributed by atoms with Crippen LogP contribution in [0.1, 0.15) is 284 Å².